The summed E-state index contributed by atoms with van der Waals surface area (Å²) in [6, 6.07) is 31.9. The number of imidazole rings is 1. The van der Waals surface area contributed by atoms with E-state index in [1.807, 2.05) is 66.7 Å². The largest absolute Gasteiger partial charge is 0.343 e. The van der Waals surface area contributed by atoms with E-state index in [0.29, 0.717) is 11.3 Å². The molecule has 3 N–H and O–H groups in total. The maximum atomic E-state index is 12.5. The lowest BCUT2D eigenvalue weighted by atomic mass is 10.0. The number of amides is 2. The number of aromatic amines is 1. The predicted octanol–water partition coefficient (Wildman–Crippen LogP) is 7.09. The number of aromatic nitrogens is 3. The van der Waals surface area contributed by atoms with E-state index in [9.17, 15) is 4.79 Å². The third-order valence-electron chi connectivity index (χ3n) is 6.01. The molecule has 6 heteroatoms. The molecule has 6 rings (SSSR count). The number of fused-ring (bicyclic) bond motifs is 2. The highest BCUT2D eigenvalue weighted by Gasteiger charge is 2.08. The summed E-state index contributed by atoms with van der Waals surface area (Å²) in [5.41, 5.74) is 7.25. The van der Waals surface area contributed by atoms with Gasteiger partial charge in [-0.15, -0.1) is 0 Å². The Bertz CT molecular complexity index is 1650. The molecule has 0 aliphatic carbocycles. The Morgan fingerprint density at radius 1 is 0.657 bits per heavy atom. The van der Waals surface area contributed by atoms with Crippen molar-refractivity contribution in [2.24, 2.45) is 0 Å². The van der Waals surface area contributed by atoms with E-state index >= 15 is 0 Å². The normalized spacial score (nSPS) is 11.0. The van der Waals surface area contributed by atoms with Gasteiger partial charge in [-0.3, -0.25) is 0 Å². The molecule has 0 saturated carbocycles. The zero-order chi connectivity index (χ0) is 23.6. The van der Waals surface area contributed by atoms with Crippen molar-refractivity contribution in [1.29, 1.82) is 0 Å². The molecule has 6 aromatic rings. The van der Waals surface area contributed by atoms with Gasteiger partial charge in [0.25, 0.3) is 0 Å². The molecule has 35 heavy (non-hydrogen) atoms. The Morgan fingerprint density at radius 2 is 1.31 bits per heavy atom. The molecule has 2 heterocycles. The minimum Gasteiger partial charge on any atom is -0.343 e. The molecule has 0 aliphatic rings. The van der Waals surface area contributed by atoms with Gasteiger partial charge >= 0.3 is 6.03 Å². The van der Waals surface area contributed by atoms with Crippen LogP contribution in [0.15, 0.2) is 110 Å². The average Bonchev–Trinajstić information content (AvgIpc) is 3.39. The number of pyridine rings is 1. The van der Waals surface area contributed by atoms with E-state index in [1.54, 1.807) is 12.5 Å². The lowest BCUT2D eigenvalue weighted by Gasteiger charge is -2.10. The summed E-state index contributed by atoms with van der Waals surface area (Å²) < 4.78 is 0. The molecule has 0 fully saturated rings. The molecule has 0 aliphatic heterocycles. The number of rotatable bonds is 4. The second-order valence-electron chi connectivity index (χ2n) is 8.26. The number of hydrogen-bond donors (Lipinski definition) is 3. The third kappa shape index (κ3) is 4.20. The number of carbonyl (C=O) groups is 1. The van der Waals surface area contributed by atoms with Crippen LogP contribution in [0.4, 0.5) is 16.2 Å². The van der Waals surface area contributed by atoms with Crippen LogP contribution in [0.25, 0.3) is 44.2 Å². The Hall–Kier alpha value is -4.97. The maximum Gasteiger partial charge on any atom is 0.323 e. The van der Waals surface area contributed by atoms with E-state index < -0.39 is 0 Å². The van der Waals surface area contributed by atoms with E-state index in [-0.39, 0.29) is 6.03 Å². The number of nitrogens with zero attached hydrogens (tertiary/aromatic N) is 2. The monoisotopic (exact) mass is 455 g/mol. The van der Waals surface area contributed by atoms with Crippen molar-refractivity contribution in [3.05, 3.63) is 110 Å². The smallest absolute Gasteiger partial charge is 0.323 e. The number of hydrogen-bond acceptors (Lipinski definition) is 3. The molecule has 6 nitrogen and oxygen atoms in total. The van der Waals surface area contributed by atoms with Crippen molar-refractivity contribution < 1.29 is 4.79 Å². The molecule has 0 atom stereocenters. The van der Waals surface area contributed by atoms with Crippen LogP contribution in [0.3, 0.4) is 0 Å². The van der Waals surface area contributed by atoms with Gasteiger partial charge in [-0.25, -0.2) is 14.8 Å². The quantitative estimate of drug-likeness (QED) is 0.265. The van der Waals surface area contributed by atoms with Gasteiger partial charge in [-0.2, -0.15) is 0 Å². The molecule has 0 saturated heterocycles. The molecule has 2 amide bonds. The molecular weight excluding hydrogens is 434 g/mol. The lowest BCUT2D eigenvalue weighted by Crippen LogP contribution is -2.19. The Balaban J connectivity index is 1.12. The van der Waals surface area contributed by atoms with Crippen LogP contribution >= 0.6 is 0 Å². The molecule has 0 unspecified atom stereocenters. The number of carbonyl (C=O) groups excluding carboxylic acids is 1. The molecule has 4 aromatic carbocycles. The third-order valence-corrected chi connectivity index (χ3v) is 6.01. The fourth-order valence-electron chi connectivity index (χ4n) is 4.23. The van der Waals surface area contributed by atoms with Gasteiger partial charge in [0, 0.05) is 23.1 Å². The number of nitrogens with one attached hydrogen (secondary N) is 3. The topological polar surface area (TPSA) is 82.7 Å². The summed E-state index contributed by atoms with van der Waals surface area (Å²) in [6.07, 6.45) is 3.37. The first-order chi connectivity index (χ1) is 17.2. The SMILES string of the molecule is O=C(Nc1ccc(-c2ccc3ccccc3c2)cc1)Nc1ccc(-c2ccnc3nc[nH]c23)cc1. The van der Waals surface area contributed by atoms with Gasteiger partial charge < -0.3 is 15.6 Å². The van der Waals surface area contributed by atoms with Crippen LogP contribution in [-0.2, 0) is 0 Å². The summed E-state index contributed by atoms with van der Waals surface area (Å²) in [7, 11) is 0. The van der Waals surface area contributed by atoms with Crippen LogP contribution in [0.5, 0.6) is 0 Å². The summed E-state index contributed by atoms with van der Waals surface area (Å²) in [5, 5.41) is 8.20. The van der Waals surface area contributed by atoms with Crippen LogP contribution in [0, 0.1) is 0 Å². The summed E-state index contributed by atoms with van der Waals surface area (Å²) >= 11 is 0. The van der Waals surface area contributed by atoms with Crippen molar-refractivity contribution >= 4 is 39.3 Å². The number of urea groups is 1. The molecule has 168 valence electrons. The summed E-state index contributed by atoms with van der Waals surface area (Å²) in [6.45, 7) is 0. The van der Waals surface area contributed by atoms with Crippen molar-refractivity contribution in [3.63, 3.8) is 0 Å². The Kier molecular flexibility index (Phi) is 5.16. The van der Waals surface area contributed by atoms with Gasteiger partial charge in [-0.1, -0.05) is 60.7 Å². The number of anilines is 2. The van der Waals surface area contributed by atoms with Gasteiger partial charge in [0.05, 0.1) is 11.8 Å². The van der Waals surface area contributed by atoms with E-state index in [2.05, 4.69) is 55.9 Å². The lowest BCUT2D eigenvalue weighted by molar-refractivity contribution is 0.262. The predicted molar refractivity (Wildman–Crippen MR) is 141 cm³/mol. The van der Waals surface area contributed by atoms with Crippen LogP contribution in [0.1, 0.15) is 0 Å². The van der Waals surface area contributed by atoms with Gasteiger partial charge in [0.15, 0.2) is 5.65 Å². The first kappa shape index (κ1) is 20.6. The highest BCUT2D eigenvalue weighted by Crippen LogP contribution is 2.27. The fourth-order valence-corrected chi connectivity index (χ4v) is 4.23. The fraction of sp³-hybridized carbons (Fsp3) is 0. The first-order valence-corrected chi connectivity index (χ1v) is 11.3. The summed E-state index contributed by atoms with van der Waals surface area (Å²) in [5.74, 6) is 0. The van der Waals surface area contributed by atoms with Crippen molar-refractivity contribution in [2.45, 2.75) is 0 Å². The standard InChI is InChI=1S/C29H21N5O/c35-29(34-25-13-9-21(10-14-25)26-15-16-30-28-27(26)31-18-32-28)33-24-11-7-20(8-12-24)23-6-5-19-3-1-2-4-22(19)17-23/h1-18H,(H,30,31,32)(H2,33,34,35). The average molecular weight is 456 g/mol. The van der Waals surface area contributed by atoms with Crippen LogP contribution < -0.4 is 10.6 Å². The Labute approximate surface area is 201 Å². The molecule has 0 spiro atoms. The maximum absolute atomic E-state index is 12.5. The highest BCUT2D eigenvalue weighted by atomic mass is 16.2. The molecule has 0 radical (unpaired) electrons. The minimum absolute atomic E-state index is 0.295. The number of benzene rings is 4. The van der Waals surface area contributed by atoms with Crippen LogP contribution in [-0.4, -0.2) is 21.0 Å². The van der Waals surface area contributed by atoms with Gasteiger partial charge in [0.2, 0.25) is 0 Å². The van der Waals surface area contributed by atoms with Crippen molar-refractivity contribution in [2.75, 3.05) is 10.6 Å². The van der Waals surface area contributed by atoms with Crippen molar-refractivity contribution in [1.82, 2.24) is 15.0 Å². The van der Waals surface area contributed by atoms with Crippen LogP contribution in [0.2, 0.25) is 0 Å². The van der Waals surface area contributed by atoms with E-state index in [4.69, 9.17) is 0 Å². The minimum atomic E-state index is -0.295. The van der Waals surface area contributed by atoms with Gasteiger partial charge in [0.1, 0.15) is 0 Å². The zero-order valence-corrected chi connectivity index (χ0v) is 18.7. The second-order valence-corrected chi connectivity index (χ2v) is 8.26. The first-order valence-electron chi connectivity index (χ1n) is 11.3. The van der Waals surface area contributed by atoms with Gasteiger partial charge in [-0.05, 0) is 63.9 Å². The molecule has 0 bridgehead atoms. The highest BCUT2D eigenvalue weighted by molar-refractivity contribution is 6.00. The van der Waals surface area contributed by atoms with E-state index in [1.165, 1.54) is 10.8 Å². The van der Waals surface area contributed by atoms with Crippen molar-refractivity contribution in [3.8, 4) is 22.3 Å². The second kappa shape index (κ2) is 8.76. The van der Waals surface area contributed by atoms with E-state index in [0.717, 1.165) is 33.5 Å². The molecular formula is C29H21N5O. The Morgan fingerprint density at radius 3 is 2.06 bits per heavy atom. The summed E-state index contributed by atoms with van der Waals surface area (Å²) in [4.78, 5) is 24.1. The molecule has 2 aromatic heterocycles. The number of H-pyrrole nitrogens is 1. The zero-order valence-electron chi connectivity index (χ0n) is 18.7.